The quantitative estimate of drug-likeness (QED) is 0.140. The van der Waals surface area contributed by atoms with Crippen LogP contribution in [0.3, 0.4) is 0 Å². The highest BCUT2D eigenvalue weighted by Crippen LogP contribution is 2.42. The molecule has 1 aliphatic carbocycles. The van der Waals surface area contributed by atoms with E-state index in [-0.39, 0.29) is 11.9 Å². The lowest BCUT2D eigenvalue weighted by Crippen LogP contribution is -2.22. The van der Waals surface area contributed by atoms with Gasteiger partial charge in [-0.25, -0.2) is 0 Å². The first-order valence-corrected chi connectivity index (χ1v) is 13.5. The molecule has 0 radical (unpaired) electrons. The first kappa shape index (κ1) is 28.8. The second kappa shape index (κ2) is 15.6. The van der Waals surface area contributed by atoms with E-state index < -0.39 is 5.41 Å². The molecule has 4 nitrogen and oxygen atoms in total. The predicted octanol–water partition coefficient (Wildman–Crippen LogP) is 7.83. The molecule has 0 fully saturated rings. The lowest BCUT2D eigenvalue weighted by Gasteiger charge is -2.18. The number of carbonyl (C=O) groups excluding carboxylic acids is 2. The van der Waals surface area contributed by atoms with Crippen molar-refractivity contribution in [3.8, 4) is 0 Å². The number of rotatable bonds is 15. The smallest absolute Gasteiger partial charge is 0.316 e. The number of unbranched alkanes of at least 4 members (excludes halogenated alkanes) is 3. The Balaban J connectivity index is 2.65. The van der Waals surface area contributed by atoms with Gasteiger partial charge in [-0.2, -0.15) is 0 Å². The van der Waals surface area contributed by atoms with Crippen LogP contribution >= 0.6 is 11.8 Å². The van der Waals surface area contributed by atoms with Crippen molar-refractivity contribution in [1.29, 1.82) is 0 Å². The molecule has 2 atom stereocenters. The Morgan fingerprint density at radius 3 is 2.56 bits per heavy atom. The number of hydrogen-bond donors (Lipinski definition) is 0. The number of allylic oxidation sites excluding steroid dienone is 4. The van der Waals surface area contributed by atoms with Gasteiger partial charge >= 0.3 is 11.9 Å². The van der Waals surface area contributed by atoms with Crippen molar-refractivity contribution in [2.75, 3.05) is 12.9 Å². The zero-order chi connectivity index (χ0) is 24.0. The molecule has 0 N–H and O–H groups in total. The zero-order valence-electron chi connectivity index (χ0n) is 21.3. The van der Waals surface area contributed by atoms with Gasteiger partial charge in [-0.1, -0.05) is 51.7 Å². The second-order valence-electron chi connectivity index (χ2n) is 10.1. The van der Waals surface area contributed by atoms with E-state index in [0.29, 0.717) is 12.3 Å². The van der Waals surface area contributed by atoms with E-state index >= 15 is 0 Å². The van der Waals surface area contributed by atoms with Crippen LogP contribution in [0.4, 0.5) is 0 Å². The first-order valence-electron chi connectivity index (χ1n) is 12.5. The standard InChI is InChI=1S/C27H46O4S/c1-7-8-14-21(2)15-11-12-16-22-18-19-23(31-26(29)27(3,4)5)25(22)32-20-13-9-10-17-24(28)30-6/h12,16,21-22H,7-11,13-15,17-20H2,1-6H3/b16-12+. The lowest BCUT2D eigenvalue weighted by atomic mass is 9.97. The van der Waals surface area contributed by atoms with E-state index in [1.807, 2.05) is 32.5 Å². The molecule has 0 heterocycles. The van der Waals surface area contributed by atoms with Gasteiger partial charge in [-0.15, -0.1) is 11.8 Å². The Kier molecular flexibility index (Phi) is 14.0. The Labute approximate surface area is 201 Å². The molecule has 0 aromatic heterocycles. The van der Waals surface area contributed by atoms with Crippen molar-refractivity contribution in [3.63, 3.8) is 0 Å². The summed E-state index contributed by atoms with van der Waals surface area (Å²) in [6.45, 7) is 10.3. The molecule has 184 valence electrons. The van der Waals surface area contributed by atoms with Gasteiger partial charge in [0.05, 0.1) is 12.5 Å². The summed E-state index contributed by atoms with van der Waals surface area (Å²) in [5.74, 6) is 2.69. The van der Waals surface area contributed by atoms with Crippen LogP contribution in [0.15, 0.2) is 22.8 Å². The van der Waals surface area contributed by atoms with Gasteiger partial charge < -0.3 is 9.47 Å². The van der Waals surface area contributed by atoms with Crippen LogP contribution in [0.2, 0.25) is 0 Å². The molecule has 0 saturated carbocycles. The molecule has 0 aromatic carbocycles. The van der Waals surface area contributed by atoms with Crippen molar-refractivity contribution < 1.29 is 19.1 Å². The minimum Gasteiger partial charge on any atom is -0.469 e. The van der Waals surface area contributed by atoms with Crippen LogP contribution in [0.1, 0.15) is 105 Å². The third-order valence-electron chi connectivity index (χ3n) is 5.88. The first-order chi connectivity index (χ1) is 15.2. The molecule has 0 bridgehead atoms. The van der Waals surface area contributed by atoms with Crippen LogP contribution < -0.4 is 0 Å². The highest BCUT2D eigenvalue weighted by molar-refractivity contribution is 8.03. The maximum atomic E-state index is 12.5. The van der Waals surface area contributed by atoms with Crippen LogP contribution in [0.25, 0.3) is 0 Å². The average molecular weight is 467 g/mol. The monoisotopic (exact) mass is 466 g/mol. The zero-order valence-corrected chi connectivity index (χ0v) is 22.2. The molecule has 0 saturated heterocycles. The molecule has 32 heavy (non-hydrogen) atoms. The van der Waals surface area contributed by atoms with Gasteiger partial charge in [0, 0.05) is 23.7 Å². The van der Waals surface area contributed by atoms with E-state index in [0.717, 1.165) is 56.0 Å². The molecule has 0 spiro atoms. The van der Waals surface area contributed by atoms with Crippen molar-refractivity contribution in [2.45, 2.75) is 105 Å². The van der Waals surface area contributed by atoms with E-state index in [2.05, 4.69) is 26.0 Å². The van der Waals surface area contributed by atoms with Crippen LogP contribution in [-0.4, -0.2) is 24.8 Å². The number of thioether (sulfide) groups is 1. The Morgan fingerprint density at radius 1 is 1.16 bits per heavy atom. The van der Waals surface area contributed by atoms with Crippen molar-refractivity contribution in [3.05, 3.63) is 22.8 Å². The van der Waals surface area contributed by atoms with Gasteiger partial charge in [0.2, 0.25) is 0 Å². The molecular weight excluding hydrogens is 420 g/mol. The molecular formula is C27H46O4S. The summed E-state index contributed by atoms with van der Waals surface area (Å²) in [6.07, 6.45) is 16.2. The maximum absolute atomic E-state index is 12.5. The van der Waals surface area contributed by atoms with Crippen molar-refractivity contribution >= 4 is 23.7 Å². The van der Waals surface area contributed by atoms with E-state index in [4.69, 9.17) is 9.47 Å². The van der Waals surface area contributed by atoms with Gasteiger partial charge in [0.1, 0.15) is 5.76 Å². The fraction of sp³-hybridized carbons (Fsp3) is 0.778. The van der Waals surface area contributed by atoms with E-state index in [9.17, 15) is 9.59 Å². The summed E-state index contributed by atoms with van der Waals surface area (Å²) in [5, 5.41) is 0. The lowest BCUT2D eigenvalue weighted by molar-refractivity contribution is -0.148. The van der Waals surface area contributed by atoms with Crippen LogP contribution in [-0.2, 0) is 19.1 Å². The number of esters is 2. The normalized spacial score (nSPS) is 17.8. The van der Waals surface area contributed by atoms with Gasteiger partial charge in [0.15, 0.2) is 0 Å². The summed E-state index contributed by atoms with van der Waals surface area (Å²) in [7, 11) is 1.44. The van der Waals surface area contributed by atoms with Crippen molar-refractivity contribution in [1.82, 2.24) is 0 Å². The number of hydrogen-bond acceptors (Lipinski definition) is 5. The molecule has 1 aliphatic rings. The summed E-state index contributed by atoms with van der Waals surface area (Å²) in [5.41, 5.74) is -0.501. The van der Waals surface area contributed by atoms with Gasteiger partial charge in [0.25, 0.3) is 0 Å². The maximum Gasteiger partial charge on any atom is 0.316 e. The number of ether oxygens (including phenoxy) is 2. The minimum atomic E-state index is -0.501. The fourth-order valence-electron chi connectivity index (χ4n) is 3.66. The summed E-state index contributed by atoms with van der Waals surface area (Å²) < 4.78 is 10.6. The third kappa shape index (κ3) is 11.6. The average Bonchev–Trinajstić information content (AvgIpc) is 3.12. The minimum absolute atomic E-state index is 0.137. The largest absolute Gasteiger partial charge is 0.469 e. The summed E-state index contributed by atoms with van der Waals surface area (Å²) in [4.78, 5) is 25.0. The number of carbonyl (C=O) groups is 2. The second-order valence-corrected chi connectivity index (χ2v) is 11.2. The Hall–Kier alpha value is -1.23. The van der Waals surface area contributed by atoms with E-state index in [1.54, 1.807) is 0 Å². The van der Waals surface area contributed by atoms with Gasteiger partial charge in [-0.05, 0) is 64.5 Å². The highest BCUT2D eigenvalue weighted by Gasteiger charge is 2.30. The molecule has 0 aromatic rings. The molecule has 0 aliphatic heterocycles. The molecule has 0 amide bonds. The number of methoxy groups -OCH3 is 1. The SMILES string of the molecule is CCCCC(C)CC/C=C/C1CCC(OC(=O)C(C)(C)C)=C1SCCCCCC(=O)OC. The van der Waals surface area contributed by atoms with Crippen molar-refractivity contribution in [2.24, 2.45) is 17.3 Å². The predicted molar refractivity (Wildman–Crippen MR) is 135 cm³/mol. The topological polar surface area (TPSA) is 52.6 Å². The molecule has 1 rings (SSSR count). The van der Waals surface area contributed by atoms with E-state index in [1.165, 1.54) is 37.7 Å². The molecule has 2 unspecified atom stereocenters. The Bertz CT molecular complexity index is 630. The summed E-state index contributed by atoms with van der Waals surface area (Å²) in [6, 6.07) is 0. The summed E-state index contributed by atoms with van der Waals surface area (Å²) >= 11 is 1.83. The molecule has 5 heteroatoms. The van der Waals surface area contributed by atoms with Crippen LogP contribution in [0.5, 0.6) is 0 Å². The van der Waals surface area contributed by atoms with Gasteiger partial charge in [-0.3, -0.25) is 9.59 Å². The Morgan fingerprint density at radius 2 is 1.91 bits per heavy atom. The highest BCUT2D eigenvalue weighted by atomic mass is 32.2. The van der Waals surface area contributed by atoms with Crippen LogP contribution in [0, 0.1) is 17.3 Å². The third-order valence-corrected chi connectivity index (χ3v) is 7.21. The fourth-order valence-corrected chi connectivity index (χ4v) is 4.94.